The molecule has 112 valence electrons. The first kappa shape index (κ1) is 14.3. The Labute approximate surface area is 127 Å². The molecule has 3 N–H and O–H groups in total. The zero-order valence-corrected chi connectivity index (χ0v) is 13.0. The number of fused-ring (bicyclic) bond motifs is 1. The lowest BCUT2D eigenvalue weighted by Crippen LogP contribution is -2.41. The van der Waals surface area contributed by atoms with E-state index in [9.17, 15) is 9.18 Å². The van der Waals surface area contributed by atoms with E-state index in [1.807, 2.05) is 0 Å². The van der Waals surface area contributed by atoms with E-state index in [2.05, 4.69) is 19.2 Å². The van der Waals surface area contributed by atoms with Crippen molar-refractivity contribution >= 4 is 33.0 Å². The van der Waals surface area contributed by atoms with E-state index in [0.717, 1.165) is 24.0 Å². The number of nitrogens with two attached hydrogens (primary N) is 1. The number of carbonyl (C=O) groups is 1. The number of halogens is 1. The Bertz CT molecular complexity index is 708. The summed E-state index contributed by atoms with van der Waals surface area (Å²) in [6.07, 6.45) is 3.24. The van der Waals surface area contributed by atoms with Gasteiger partial charge in [-0.15, -0.1) is 11.3 Å². The fourth-order valence-corrected chi connectivity index (χ4v) is 4.08. The maximum atomic E-state index is 13.3. The van der Waals surface area contributed by atoms with Gasteiger partial charge in [-0.05, 0) is 36.5 Å². The highest BCUT2D eigenvalue weighted by Gasteiger charge is 2.36. The van der Waals surface area contributed by atoms with Gasteiger partial charge in [0.1, 0.15) is 10.7 Å². The predicted molar refractivity (Wildman–Crippen MR) is 85.1 cm³/mol. The number of carbonyl (C=O) groups excluding carboxylic acids is 1. The van der Waals surface area contributed by atoms with Crippen molar-refractivity contribution in [2.24, 2.45) is 5.41 Å². The van der Waals surface area contributed by atoms with Crippen LogP contribution < -0.4 is 11.1 Å². The lowest BCUT2D eigenvalue weighted by Gasteiger charge is -2.27. The standard InChI is InChI=1S/C16H19FN2OS/c1-16(2)7-3-4-12(16)19-15(20)14-13(18)10-8-9(17)5-6-11(10)21-14/h5-6,8,12H,3-4,7,18H2,1-2H3,(H,19,20). The highest BCUT2D eigenvalue weighted by Crippen LogP contribution is 2.38. The van der Waals surface area contributed by atoms with Crippen LogP contribution in [0.1, 0.15) is 42.8 Å². The average Bonchev–Trinajstić information content (AvgIpc) is 2.91. The number of hydrogen-bond donors (Lipinski definition) is 2. The summed E-state index contributed by atoms with van der Waals surface area (Å²) in [5.74, 6) is -0.482. The van der Waals surface area contributed by atoms with Gasteiger partial charge in [-0.25, -0.2) is 4.39 Å². The first-order chi connectivity index (χ1) is 9.88. The smallest absolute Gasteiger partial charge is 0.263 e. The Morgan fingerprint density at radius 3 is 2.90 bits per heavy atom. The second-order valence-electron chi connectivity index (χ2n) is 6.39. The first-order valence-electron chi connectivity index (χ1n) is 7.17. The Kier molecular flexibility index (Phi) is 3.40. The highest BCUT2D eigenvalue weighted by atomic mass is 32.1. The minimum Gasteiger partial charge on any atom is -0.397 e. The number of anilines is 1. The van der Waals surface area contributed by atoms with Crippen LogP contribution in [0.3, 0.4) is 0 Å². The molecule has 0 radical (unpaired) electrons. The summed E-state index contributed by atoms with van der Waals surface area (Å²) in [7, 11) is 0. The van der Waals surface area contributed by atoms with Crippen molar-refractivity contribution in [2.45, 2.75) is 39.2 Å². The number of rotatable bonds is 2. The lowest BCUT2D eigenvalue weighted by molar-refractivity contribution is 0.0915. The third-order valence-corrected chi connectivity index (χ3v) is 5.64. The molecule has 0 saturated heterocycles. The molecule has 1 heterocycles. The molecule has 21 heavy (non-hydrogen) atoms. The second kappa shape index (κ2) is 4.98. The number of amides is 1. The molecule has 3 nitrogen and oxygen atoms in total. The van der Waals surface area contributed by atoms with Gasteiger partial charge in [0.05, 0.1) is 5.69 Å². The Balaban J connectivity index is 1.90. The summed E-state index contributed by atoms with van der Waals surface area (Å²) in [5, 5.41) is 3.72. The SMILES string of the molecule is CC1(C)CCCC1NC(=O)c1sc2ccc(F)cc2c1N. The molecule has 1 fully saturated rings. The number of nitrogen functional groups attached to an aromatic ring is 1. The minimum atomic E-state index is -0.337. The molecule has 2 aromatic rings. The zero-order chi connectivity index (χ0) is 15.2. The van der Waals surface area contributed by atoms with Crippen molar-refractivity contribution in [3.8, 4) is 0 Å². The lowest BCUT2D eigenvalue weighted by atomic mass is 9.87. The van der Waals surface area contributed by atoms with Crippen LogP contribution in [0.5, 0.6) is 0 Å². The van der Waals surface area contributed by atoms with Gasteiger partial charge < -0.3 is 11.1 Å². The van der Waals surface area contributed by atoms with E-state index in [1.165, 1.54) is 23.5 Å². The van der Waals surface area contributed by atoms with Gasteiger partial charge in [-0.3, -0.25) is 4.79 Å². The molecule has 0 spiro atoms. The third kappa shape index (κ3) is 2.50. The third-order valence-electron chi connectivity index (χ3n) is 4.46. The number of hydrogen-bond acceptors (Lipinski definition) is 3. The molecular formula is C16H19FN2OS. The average molecular weight is 306 g/mol. The van der Waals surface area contributed by atoms with Gasteiger partial charge in [-0.1, -0.05) is 20.3 Å². The molecule has 0 bridgehead atoms. The van der Waals surface area contributed by atoms with Crippen molar-refractivity contribution in [2.75, 3.05) is 5.73 Å². The van der Waals surface area contributed by atoms with Crippen molar-refractivity contribution < 1.29 is 9.18 Å². The van der Waals surface area contributed by atoms with E-state index in [0.29, 0.717) is 16.0 Å². The van der Waals surface area contributed by atoms with Crippen LogP contribution in [0.4, 0.5) is 10.1 Å². The molecule has 1 amide bonds. The Hall–Kier alpha value is -1.62. The van der Waals surface area contributed by atoms with Crippen molar-refractivity contribution in [1.29, 1.82) is 0 Å². The molecular weight excluding hydrogens is 287 g/mol. The number of benzene rings is 1. The normalized spacial score (nSPS) is 20.8. The van der Waals surface area contributed by atoms with Crippen LogP contribution in [-0.4, -0.2) is 11.9 Å². The molecule has 1 saturated carbocycles. The summed E-state index contributed by atoms with van der Waals surface area (Å²) < 4.78 is 14.1. The molecule has 0 aliphatic heterocycles. The van der Waals surface area contributed by atoms with Gasteiger partial charge in [0, 0.05) is 16.1 Å². The monoisotopic (exact) mass is 306 g/mol. The minimum absolute atomic E-state index is 0.118. The van der Waals surface area contributed by atoms with Crippen LogP contribution in [0, 0.1) is 11.2 Å². The molecule has 1 aliphatic carbocycles. The summed E-state index contributed by atoms with van der Waals surface area (Å²) in [5.41, 5.74) is 6.53. The molecule has 1 aromatic heterocycles. The molecule has 1 aromatic carbocycles. The van der Waals surface area contributed by atoms with E-state index in [-0.39, 0.29) is 23.2 Å². The topological polar surface area (TPSA) is 55.1 Å². The Morgan fingerprint density at radius 2 is 2.24 bits per heavy atom. The predicted octanol–water partition coefficient (Wildman–Crippen LogP) is 3.93. The number of nitrogens with one attached hydrogen (secondary N) is 1. The maximum Gasteiger partial charge on any atom is 0.263 e. The highest BCUT2D eigenvalue weighted by molar-refractivity contribution is 7.21. The van der Waals surface area contributed by atoms with Gasteiger partial charge >= 0.3 is 0 Å². The van der Waals surface area contributed by atoms with Crippen LogP contribution in [0.25, 0.3) is 10.1 Å². The van der Waals surface area contributed by atoms with E-state index < -0.39 is 0 Å². The molecule has 3 rings (SSSR count). The largest absolute Gasteiger partial charge is 0.397 e. The summed E-state index contributed by atoms with van der Waals surface area (Å²) in [6.45, 7) is 4.35. The van der Waals surface area contributed by atoms with E-state index in [4.69, 9.17) is 5.73 Å². The quantitative estimate of drug-likeness (QED) is 0.883. The summed E-state index contributed by atoms with van der Waals surface area (Å²) in [6, 6.07) is 4.62. The van der Waals surface area contributed by atoms with E-state index in [1.54, 1.807) is 6.07 Å². The Morgan fingerprint density at radius 1 is 1.48 bits per heavy atom. The molecule has 1 aliphatic rings. The first-order valence-corrected chi connectivity index (χ1v) is 7.98. The van der Waals surface area contributed by atoms with Crippen LogP contribution in [-0.2, 0) is 0 Å². The second-order valence-corrected chi connectivity index (χ2v) is 7.44. The van der Waals surface area contributed by atoms with Crippen molar-refractivity contribution in [3.63, 3.8) is 0 Å². The summed E-state index contributed by atoms with van der Waals surface area (Å²) >= 11 is 1.32. The van der Waals surface area contributed by atoms with Crippen LogP contribution in [0.2, 0.25) is 0 Å². The van der Waals surface area contributed by atoms with Gasteiger partial charge in [0.15, 0.2) is 0 Å². The number of thiophene rings is 1. The zero-order valence-electron chi connectivity index (χ0n) is 12.2. The van der Waals surface area contributed by atoms with Crippen molar-refractivity contribution in [3.05, 3.63) is 28.9 Å². The summed E-state index contributed by atoms with van der Waals surface area (Å²) in [4.78, 5) is 13.0. The molecule has 1 unspecified atom stereocenters. The maximum absolute atomic E-state index is 13.3. The van der Waals surface area contributed by atoms with Gasteiger partial charge in [0.25, 0.3) is 5.91 Å². The molecule has 1 atom stereocenters. The van der Waals surface area contributed by atoms with Gasteiger partial charge in [-0.2, -0.15) is 0 Å². The van der Waals surface area contributed by atoms with Crippen LogP contribution in [0.15, 0.2) is 18.2 Å². The van der Waals surface area contributed by atoms with Gasteiger partial charge in [0.2, 0.25) is 0 Å². The van der Waals surface area contributed by atoms with Crippen molar-refractivity contribution in [1.82, 2.24) is 5.32 Å². The van der Waals surface area contributed by atoms with Crippen LogP contribution >= 0.6 is 11.3 Å². The fraction of sp³-hybridized carbons (Fsp3) is 0.438. The molecule has 5 heteroatoms. The van der Waals surface area contributed by atoms with E-state index >= 15 is 0 Å². The fourth-order valence-electron chi connectivity index (χ4n) is 3.08.